The standard InChI is InChI=1S/C16H25BrN2O2/c1-9-10(2)21-11(3)16(9)15(19-18)8-12-7-13(20-4)5-6-14(12)17/h5-7,9-11,15-16,19H,8,18H2,1-4H3. The molecule has 0 spiro atoms. The van der Waals surface area contributed by atoms with Gasteiger partial charge < -0.3 is 9.47 Å². The first kappa shape index (κ1) is 16.7. The molecule has 1 fully saturated rings. The van der Waals surface area contributed by atoms with Crippen molar-refractivity contribution < 1.29 is 9.47 Å². The maximum absolute atomic E-state index is 5.95. The molecule has 0 bridgehead atoms. The Morgan fingerprint density at radius 2 is 2.05 bits per heavy atom. The first-order valence-corrected chi connectivity index (χ1v) is 8.21. The van der Waals surface area contributed by atoms with E-state index in [4.69, 9.17) is 15.3 Å². The van der Waals surface area contributed by atoms with E-state index in [1.165, 1.54) is 5.56 Å². The van der Waals surface area contributed by atoms with Crippen molar-refractivity contribution in [3.63, 3.8) is 0 Å². The van der Waals surface area contributed by atoms with Crippen LogP contribution in [0.15, 0.2) is 22.7 Å². The minimum Gasteiger partial charge on any atom is -0.497 e. The highest BCUT2D eigenvalue weighted by Gasteiger charge is 2.41. The largest absolute Gasteiger partial charge is 0.497 e. The second kappa shape index (κ2) is 7.09. The lowest BCUT2D eigenvalue weighted by Crippen LogP contribution is -2.46. The Labute approximate surface area is 135 Å². The van der Waals surface area contributed by atoms with Crippen molar-refractivity contribution in [2.24, 2.45) is 17.7 Å². The van der Waals surface area contributed by atoms with Gasteiger partial charge in [0.15, 0.2) is 0 Å². The number of benzene rings is 1. The number of nitrogens with two attached hydrogens (primary N) is 1. The predicted octanol–water partition coefficient (Wildman–Crippen LogP) is 2.89. The van der Waals surface area contributed by atoms with Crippen LogP contribution in [0.4, 0.5) is 0 Å². The Balaban J connectivity index is 2.19. The summed E-state index contributed by atoms with van der Waals surface area (Å²) in [4.78, 5) is 0. The molecule has 118 valence electrons. The van der Waals surface area contributed by atoms with E-state index in [0.717, 1.165) is 16.6 Å². The zero-order valence-electron chi connectivity index (χ0n) is 13.1. The Morgan fingerprint density at radius 3 is 2.57 bits per heavy atom. The number of halogens is 1. The third kappa shape index (κ3) is 3.59. The maximum atomic E-state index is 5.95. The fourth-order valence-corrected chi connectivity index (χ4v) is 3.77. The van der Waals surface area contributed by atoms with Crippen LogP contribution in [0.5, 0.6) is 5.75 Å². The fraction of sp³-hybridized carbons (Fsp3) is 0.625. The van der Waals surface area contributed by atoms with Gasteiger partial charge >= 0.3 is 0 Å². The molecule has 0 amide bonds. The van der Waals surface area contributed by atoms with Gasteiger partial charge in [-0.1, -0.05) is 22.9 Å². The van der Waals surface area contributed by atoms with Crippen molar-refractivity contribution in [1.29, 1.82) is 0 Å². The highest BCUT2D eigenvalue weighted by molar-refractivity contribution is 9.10. The Hall–Kier alpha value is -0.620. The highest BCUT2D eigenvalue weighted by Crippen LogP contribution is 2.36. The molecule has 3 N–H and O–H groups in total. The zero-order chi connectivity index (χ0) is 15.6. The molecule has 4 nitrogen and oxygen atoms in total. The molecule has 21 heavy (non-hydrogen) atoms. The van der Waals surface area contributed by atoms with Gasteiger partial charge in [0.25, 0.3) is 0 Å². The topological polar surface area (TPSA) is 56.5 Å². The predicted molar refractivity (Wildman–Crippen MR) is 88.2 cm³/mol. The lowest BCUT2D eigenvalue weighted by atomic mass is 9.81. The molecule has 1 aliphatic heterocycles. The summed E-state index contributed by atoms with van der Waals surface area (Å²) in [6, 6.07) is 6.19. The van der Waals surface area contributed by atoms with E-state index in [1.807, 2.05) is 12.1 Å². The van der Waals surface area contributed by atoms with Crippen LogP contribution < -0.4 is 16.0 Å². The SMILES string of the molecule is COc1ccc(Br)c(CC(NN)C2C(C)OC(C)C2C)c1. The second-order valence-electron chi connectivity index (χ2n) is 5.92. The number of hydrazine groups is 1. The molecule has 0 saturated carbocycles. The van der Waals surface area contributed by atoms with E-state index >= 15 is 0 Å². The van der Waals surface area contributed by atoms with E-state index in [-0.39, 0.29) is 18.2 Å². The Bertz CT molecular complexity index is 483. The van der Waals surface area contributed by atoms with E-state index < -0.39 is 0 Å². The van der Waals surface area contributed by atoms with Crippen LogP contribution in [0.1, 0.15) is 26.3 Å². The Kier molecular flexibility index (Phi) is 5.66. The van der Waals surface area contributed by atoms with Crippen LogP contribution in [0.25, 0.3) is 0 Å². The molecular formula is C16H25BrN2O2. The van der Waals surface area contributed by atoms with E-state index in [9.17, 15) is 0 Å². The van der Waals surface area contributed by atoms with Crippen molar-refractivity contribution in [1.82, 2.24) is 5.43 Å². The van der Waals surface area contributed by atoms with E-state index in [1.54, 1.807) is 7.11 Å². The molecule has 2 rings (SSSR count). The van der Waals surface area contributed by atoms with Crippen LogP contribution >= 0.6 is 15.9 Å². The normalized spacial score (nSPS) is 30.4. The number of hydrogen-bond acceptors (Lipinski definition) is 4. The van der Waals surface area contributed by atoms with Gasteiger partial charge in [0.05, 0.1) is 19.3 Å². The van der Waals surface area contributed by atoms with Crippen molar-refractivity contribution in [2.75, 3.05) is 7.11 Å². The number of rotatable bonds is 5. The van der Waals surface area contributed by atoms with Crippen molar-refractivity contribution in [3.05, 3.63) is 28.2 Å². The van der Waals surface area contributed by atoms with Crippen molar-refractivity contribution in [2.45, 2.75) is 45.4 Å². The molecule has 1 heterocycles. The molecule has 0 aliphatic carbocycles. The molecule has 5 heteroatoms. The molecule has 1 aromatic rings. The molecule has 0 aromatic heterocycles. The van der Waals surface area contributed by atoms with Crippen molar-refractivity contribution in [3.8, 4) is 5.75 Å². The number of nitrogens with one attached hydrogen (secondary N) is 1. The Morgan fingerprint density at radius 1 is 1.33 bits per heavy atom. The van der Waals surface area contributed by atoms with Gasteiger partial charge in [0.1, 0.15) is 5.75 Å². The number of ether oxygens (including phenoxy) is 2. The summed E-state index contributed by atoms with van der Waals surface area (Å²) in [6.07, 6.45) is 1.32. The van der Waals surface area contributed by atoms with Crippen LogP contribution in [0.3, 0.4) is 0 Å². The first-order valence-electron chi connectivity index (χ1n) is 7.42. The molecule has 5 unspecified atom stereocenters. The second-order valence-corrected chi connectivity index (χ2v) is 6.77. The lowest BCUT2D eigenvalue weighted by Gasteiger charge is -2.29. The summed E-state index contributed by atoms with van der Waals surface area (Å²) in [5, 5.41) is 0. The van der Waals surface area contributed by atoms with Gasteiger partial charge in [0, 0.05) is 16.4 Å². The quantitative estimate of drug-likeness (QED) is 0.629. The monoisotopic (exact) mass is 356 g/mol. The smallest absolute Gasteiger partial charge is 0.119 e. The summed E-state index contributed by atoms with van der Waals surface area (Å²) in [5.74, 6) is 7.57. The minimum atomic E-state index is 0.170. The van der Waals surface area contributed by atoms with Gasteiger partial charge in [-0.3, -0.25) is 11.3 Å². The molecule has 1 aromatic carbocycles. The third-order valence-electron chi connectivity index (χ3n) is 4.69. The van der Waals surface area contributed by atoms with Crippen LogP contribution in [0.2, 0.25) is 0 Å². The average Bonchev–Trinajstić information content (AvgIpc) is 2.72. The van der Waals surface area contributed by atoms with Gasteiger partial charge in [-0.05, 0) is 49.9 Å². The van der Waals surface area contributed by atoms with Gasteiger partial charge in [0.2, 0.25) is 0 Å². The number of hydrogen-bond donors (Lipinski definition) is 2. The summed E-state index contributed by atoms with van der Waals surface area (Å²) >= 11 is 3.61. The summed E-state index contributed by atoms with van der Waals surface area (Å²) < 4.78 is 12.3. The third-order valence-corrected chi connectivity index (χ3v) is 5.46. The van der Waals surface area contributed by atoms with Crippen LogP contribution in [0, 0.1) is 11.8 Å². The molecule has 5 atom stereocenters. The summed E-state index contributed by atoms with van der Waals surface area (Å²) in [5.41, 5.74) is 4.19. The summed E-state index contributed by atoms with van der Waals surface area (Å²) in [7, 11) is 1.68. The lowest BCUT2D eigenvalue weighted by molar-refractivity contribution is 0.0475. The van der Waals surface area contributed by atoms with E-state index in [0.29, 0.717) is 11.8 Å². The molecule has 1 aliphatic rings. The van der Waals surface area contributed by atoms with Gasteiger partial charge in [-0.2, -0.15) is 0 Å². The molecule has 0 radical (unpaired) electrons. The molecule has 1 saturated heterocycles. The van der Waals surface area contributed by atoms with Crippen molar-refractivity contribution >= 4 is 15.9 Å². The van der Waals surface area contributed by atoms with Gasteiger partial charge in [-0.15, -0.1) is 0 Å². The average molecular weight is 357 g/mol. The first-order chi connectivity index (χ1) is 9.97. The minimum absolute atomic E-state index is 0.170. The van der Waals surface area contributed by atoms with Crippen LogP contribution in [-0.2, 0) is 11.2 Å². The maximum Gasteiger partial charge on any atom is 0.119 e. The number of methoxy groups -OCH3 is 1. The molecular weight excluding hydrogens is 332 g/mol. The van der Waals surface area contributed by atoms with Gasteiger partial charge in [-0.25, -0.2) is 0 Å². The zero-order valence-corrected chi connectivity index (χ0v) is 14.7. The fourth-order valence-electron chi connectivity index (χ4n) is 3.36. The highest BCUT2D eigenvalue weighted by atomic mass is 79.9. The summed E-state index contributed by atoms with van der Waals surface area (Å²) in [6.45, 7) is 6.51. The van der Waals surface area contributed by atoms with E-state index in [2.05, 4.69) is 48.2 Å². The van der Waals surface area contributed by atoms with Crippen LogP contribution in [-0.4, -0.2) is 25.4 Å².